The fourth-order valence-corrected chi connectivity index (χ4v) is 3.88. The number of hydrogen-bond acceptors (Lipinski definition) is 6. The zero-order chi connectivity index (χ0) is 21.4. The Kier molecular flexibility index (Phi) is 5.44. The Morgan fingerprint density at radius 3 is 2.83 bits per heavy atom. The summed E-state index contributed by atoms with van der Waals surface area (Å²) in [6.07, 6.45) is 0. The van der Waals surface area contributed by atoms with Gasteiger partial charge >= 0.3 is 6.61 Å². The summed E-state index contributed by atoms with van der Waals surface area (Å²) in [5.74, 6) is 0.203. The lowest BCUT2D eigenvalue weighted by Crippen LogP contribution is -2.10. The molecule has 1 N–H and O–H groups in total. The fraction of sp³-hybridized carbons (Fsp3) is 0.211. The van der Waals surface area contributed by atoms with Crippen molar-refractivity contribution in [3.05, 3.63) is 58.3 Å². The van der Waals surface area contributed by atoms with Crippen LogP contribution in [0, 0.1) is 13.8 Å². The van der Waals surface area contributed by atoms with E-state index in [-0.39, 0.29) is 11.5 Å². The van der Waals surface area contributed by atoms with Gasteiger partial charge in [-0.25, -0.2) is 4.98 Å². The number of benzene rings is 1. The van der Waals surface area contributed by atoms with Gasteiger partial charge in [-0.3, -0.25) is 14.8 Å². The Hall–Kier alpha value is -2.98. The molecule has 0 bridgehead atoms. The number of halogens is 3. The van der Waals surface area contributed by atoms with Crippen LogP contribution in [-0.2, 0) is 6.54 Å². The molecule has 0 aliphatic rings. The highest BCUT2D eigenvalue weighted by Crippen LogP contribution is 2.30. The molecule has 156 valence electrons. The molecule has 0 unspecified atom stereocenters. The third-order valence-electron chi connectivity index (χ3n) is 4.29. The van der Waals surface area contributed by atoms with Crippen molar-refractivity contribution in [1.29, 1.82) is 0 Å². The SMILES string of the molecule is Cc1nn(Cc2ccc(C(=O)Nc3nc4ccc(OC(F)F)cc4s3)o2)c(C)c1Cl. The van der Waals surface area contributed by atoms with E-state index in [2.05, 4.69) is 20.1 Å². The van der Waals surface area contributed by atoms with Crippen LogP contribution in [0.2, 0.25) is 5.02 Å². The molecule has 11 heteroatoms. The average Bonchev–Trinajstić information content (AvgIpc) is 3.36. The van der Waals surface area contributed by atoms with Crippen molar-refractivity contribution in [2.45, 2.75) is 27.0 Å². The number of nitrogens with zero attached hydrogens (tertiary/aromatic N) is 3. The van der Waals surface area contributed by atoms with Crippen molar-refractivity contribution >= 4 is 44.2 Å². The second-order valence-electron chi connectivity index (χ2n) is 6.39. The van der Waals surface area contributed by atoms with Crippen molar-refractivity contribution < 1.29 is 22.7 Å². The topological polar surface area (TPSA) is 82.2 Å². The van der Waals surface area contributed by atoms with Gasteiger partial charge in [-0.1, -0.05) is 22.9 Å². The van der Waals surface area contributed by atoms with E-state index in [1.54, 1.807) is 22.9 Å². The van der Waals surface area contributed by atoms with Crippen LogP contribution in [0.3, 0.4) is 0 Å². The number of carbonyl (C=O) groups excluding carboxylic acids is 1. The molecule has 0 saturated carbocycles. The molecular weight excluding hydrogens is 438 g/mol. The van der Waals surface area contributed by atoms with Crippen molar-refractivity contribution in [1.82, 2.24) is 14.8 Å². The van der Waals surface area contributed by atoms with Crippen LogP contribution in [0.25, 0.3) is 10.2 Å². The maximum absolute atomic E-state index is 12.5. The first kappa shape index (κ1) is 20.3. The summed E-state index contributed by atoms with van der Waals surface area (Å²) in [7, 11) is 0. The van der Waals surface area contributed by atoms with Crippen molar-refractivity contribution in [3.8, 4) is 5.75 Å². The molecule has 1 amide bonds. The number of fused-ring (bicyclic) bond motifs is 1. The van der Waals surface area contributed by atoms with Gasteiger partial charge in [0.05, 0.1) is 33.2 Å². The standard InChI is InChI=1S/C19H15ClF2N4O3S/c1-9-16(20)10(2)26(25-9)8-12-4-6-14(28-12)17(27)24-19-23-13-5-3-11(29-18(21)22)7-15(13)30-19/h3-7,18H,8H2,1-2H3,(H,23,24,27). The summed E-state index contributed by atoms with van der Waals surface area (Å²) in [4.78, 5) is 16.8. The Morgan fingerprint density at radius 2 is 2.13 bits per heavy atom. The number of hydrogen-bond donors (Lipinski definition) is 1. The summed E-state index contributed by atoms with van der Waals surface area (Å²) in [6.45, 7) is 1.09. The molecule has 0 spiro atoms. The molecule has 0 aliphatic heterocycles. The van der Waals surface area contributed by atoms with Crippen molar-refractivity contribution in [2.24, 2.45) is 0 Å². The number of alkyl halides is 2. The fourth-order valence-electron chi connectivity index (χ4n) is 2.85. The van der Waals surface area contributed by atoms with E-state index in [0.29, 0.717) is 32.7 Å². The van der Waals surface area contributed by atoms with Gasteiger partial charge < -0.3 is 9.15 Å². The number of carbonyl (C=O) groups is 1. The molecule has 0 fully saturated rings. The van der Waals surface area contributed by atoms with Gasteiger partial charge in [0.25, 0.3) is 5.91 Å². The quantitative estimate of drug-likeness (QED) is 0.431. The van der Waals surface area contributed by atoms with E-state index in [1.165, 1.54) is 12.1 Å². The molecule has 4 aromatic rings. The first-order valence-electron chi connectivity index (χ1n) is 8.75. The van der Waals surface area contributed by atoms with Gasteiger partial charge in [0, 0.05) is 0 Å². The van der Waals surface area contributed by atoms with E-state index < -0.39 is 12.5 Å². The first-order chi connectivity index (χ1) is 14.3. The molecule has 4 rings (SSSR count). The molecular formula is C19H15ClF2N4O3S. The van der Waals surface area contributed by atoms with Gasteiger partial charge in [0.2, 0.25) is 0 Å². The summed E-state index contributed by atoms with van der Waals surface area (Å²) in [5.41, 5.74) is 2.08. The minimum atomic E-state index is -2.91. The largest absolute Gasteiger partial charge is 0.454 e. The number of rotatable bonds is 6. The molecule has 30 heavy (non-hydrogen) atoms. The van der Waals surface area contributed by atoms with Crippen LogP contribution >= 0.6 is 22.9 Å². The minimum Gasteiger partial charge on any atom is -0.454 e. The number of amides is 1. The number of nitrogens with one attached hydrogen (secondary N) is 1. The zero-order valence-electron chi connectivity index (χ0n) is 15.8. The minimum absolute atomic E-state index is 0.0268. The highest BCUT2D eigenvalue weighted by atomic mass is 35.5. The van der Waals surface area contributed by atoms with Crippen molar-refractivity contribution in [2.75, 3.05) is 5.32 Å². The second kappa shape index (κ2) is 8.04. The lowest BCUT2D eigenvalue weighted by atomic mass is 10.3. The highest BCUT2D eigenvalue weighted by Gasteiger charge is 2.16. The van der Waals surface area contributed by atoms with Crippen LogP contribution in [0.1, 0.15) is 27.7 Å². The number of aryl methyl sites for hydroxylation is 1. The number of furan rings is 1. The molecule has 3 heterocycles. The van der Waals surface area contributed by atoms with Crippen LogP contribution in [0.4, 0.5) is 13.9 Å². The normalized spacial score (nSPS) is 11.4. The Balaban J connectivity index is 1.47. The third kappa shape index (κ3) is 4.14. The number of ether oxygens (including phenoxy) is 1. The van der Waals surface area contributed by atoms with Crippen LogP contribution in [0.5, 0.6) is 5.75 Å². The summed E-state index contributed by atoms with van der Waals surface area (Å²) in [6, 6.07) is 7.62. The molecule has 3 aromatic heterocycles. The van der Waals surface area contributed by atoms with E-state index in [0.717, 1.165) is 22.7 Å². The maximum atomic E-state index is 12.5. The Bertz CT molecular complexity index is 1230. The van der Waals surface area contributed by atoms with Gasteiger partial charge in [-0.15, -0.1) is 0 Å². The van der Waals surface area contributed by atoms with E-state index in [4.69, 9.17) is 16.0 Å². The summed E-state index contributed by atoms with van der Waals surface area (Å²) < 4.78 is 37.0. The van der Waals surface area contributed by atoms with Crippen LogP contribution < -0.4 is 10.1 Å². The van der Waals surface area contributed by atoms with Crippen LogP contribution in [0.15, 0.2) is 34.7 Å². The zero-order valence-corrected chi connectivity index (χ0v) is 17.4. The molecule has 7 nitrogen and oxygen atoms in total. The highest BCUT2D eigenvalue weighted by molar-refractivity contribution is 7.22. The number of aromatic nitrogens is 3. The smallest absolute Gasteiger partial charge is 0.387 e. The third-order valence-corrected chi connectivity index (χ3v) is 5.77. The van der Waals surface area contributed by atoms with Crippen molar-refractivity contribution in [3.63, 3.8) is 0 Å². The summed E-state index contributed by atoms with van der Waals surface area (Å²) in [5, 5.41) is 7.89. The van der Waals surface area contributed by atoms with E-state index in [9.17, 15) is 13.6 Å². The van der Waals surface area contributed by atoms with Gasteiger partial charge in [0.15, 0.2) is 10.9 Å². The van der Waals surface area contributed by atoms with E-state index in [1.807, 2.05) is 13.8 Å². The first-order valence-corrected chi connectivity index (χ1v) is 9.94. The lowest BCUT2D eigenvalue weighted by molar-refractivity contribution is -0.0497. The van der Waals surface area contributed by atoms with Gasteiger partial charge in [0.1, 0.15) is 11.5 Å². The molecule has 0 radical (unpaired) electrons. The Morgan fingerprint density at radius 1 is 1.33 bits per heavy atom. The summed E-state index contributed by atoms with van der Waals surface area (Å²) >= 11 is 7.29. The van der Waals surface area contributed by atoms with Gasteiger partial charge in [-0.05, 0) is 44.2 Å². The predicted octanol–water partition coefficient (Wildman–Crippen LogP) is 5.26. The maximum Gasteiger partial charge on any atom is 0.387 e. The monoisotopic (exact) mass is 452 g/mol. The molecule has 0 atom stereocenters. The molecule has 0 saturated heterocycles. The number of anilines is 1. The number of thiazole rings is 1. The van der Waals surface area contributed by atoms with Crippen LogP contribution in [-0.4, -0.2) is 27.3 Å². The van der Waals surface area contributed by atoms with Gasteiger partial charge in [-0.2, -0.15) is 13.9 Å². The Labute approximate surface area is 178 Å². The predicted molar refractivity (Wildman–Crippen MR) is 109 cm³/mol. The van der Waals surface area contributed by atoms with E-state index >= 15 is 0 Å². The molecule has 1 aromatic carbocycles. The lowest BCUT2D eigenvalue weighted by Gasteiger charge is -2.02. The second-order valence-corrected chi connectivity index (χ2v) is 7.80. The molecule has 0 aliphatic carbocycles. The average molecular weight is 453 g/mol.